The van der Waals surface area contributed by atoms with Gasteiger partial charge in [-0.3, -0.25) is 24.2 Å². The van der Waals surface area contributed by atoms with Crippen molar-refractivity contribution >= 4 is 48.2 Å². The van der Waals surface area contributed by atoms with Crippen molar-refractivity contribution in [3.8, 4) is 0 Å². The molecule has 15 heteroatoms. The molecule has 44 heavy (non-hydrogen) atoms. The van der Waals surface area contributed by atoms with E-state index < -0.39 is 48.4 Å². The van der Waals surface area contributed by atoms with Gasteiger partial charge in [0.05, 0.1) is 6.54 Å². The fraction of sp³-hybridized carbons (Fsp3) is 0.793. The molecule has 4 amide bonds. The number of nitrogens with one attached hydrogen (secondary N) is 4. The van der Waals surface area contributed by atoms with Crippen molar-refractivity contribution in [3.63, 3.8) is 0 Å². The number of rotatable bonds is 27. The number of amides is 4. The van der Waals surface area contributed by atoms with Crippen LogP contribution in [-0.4, -0.2) is 84.2 Å². The van der Waals surface area contributed by atoms with Gasteiger partial charge in [-0.2, -0.15) is 12.6 Å². The predicted octanol–water partition coefficient (Wildman–Crippen LogP) is 0.675. The fourth-order valence-electron chi connectivity index (χ4n) is 4.39. The van der Waals surface area contributed by atoms with Crippen molar-refractivity contribution in [2.75, 3.05) is 25.4 Å². The maximum Gasteiger partial charge on any atom is 0.326 e. The van der Waals surface area contributed by atoms with Gasteiger partial charge in [-0.25, -0.2) is 4.79 Å². The second-order valence-corrected chi connectivity index (χ2v) is 11.2. The monoisotopic (exact) mass is 644 g/mol. The fourth-order valence-corrected chi connectivity index (χ4v) is 4.64. The predicted molar refractivity (Wildman–Crippen MR) is 175 cm³/mol. The van der Waals surface area contributed by atoms with Crippen LogP contribution < -0.4 is 38.5 Å². The van der Waals surface area contributed by atoms with E-state index in [0.717, 1.165) is 25.7 Å². The van der Waals surface area contributed by atoms with Crippen molar-refractivity contribution < 1.29 is 29.1 Å². The second kappa shape index (κ2) is 26.3. The van der Waals surface area contributed by atoms with E-state index in [-0.39, 0.29) is 37.0 Å². The van der Waals surface area contributed by atoms with Gasteiger partial charge in [-0.15, -0.1) is 0 Å². The van der Waals surface area contributed by atoms with E-state index >= 15 is 0 Å². The van der Waals surface area contributed by atoms with Gasteiger partial charge in [-0.05, 0) is 45.1 Å². The lowest BCUT2D eigenvalue weighted by Gasteiger charge is -2.22. The third kappa shape index (κ3) is 21.6. The molecule has 0 saturated heterocycles. The molecule has 3 atom stereocenters. The highest BCUT2D eigenvalue weighted by molar-refractivity contribution is 7.80. The normalized spacial score (nSPS) is 12.8. The molecule has 0 saturated carbocycles. The Morgan fingerprint density at radius 2 is 1.32 bits per heavy atom. The quantitative estimate of drug-likeness (QED) is 0.0264. The molecule has 0 fully saturated rings. The lowest BCUT2D eigenvalue weighted by molar-refractivity contribution is -0.142. The van der Waals surface area contributed by atoms with Crippen LogP contribution in [0.5, 0.6) is 0 Å². The number of hydrogen-bond acceptors (Lipinski definition) is 8. The van der Waals surface area contributed by atoms with Gasteiger partial charge in [0.2, 0.25) is 23.6 Å². The number of aliphatic imine (C=N–C) groups is 1. The molecule has 0 aliphatic heterocycles. The van der Waals surface area contributed by atoms with Gasteiger partial charge < -0.3 is 43.6 Å². The van der Waals surface area contributed by atoms with E-state index in [9.17, 15) is 29.1 Å². The average Bonchev–Trinajstić information content (AvgIpc) is 2.98. The Kier molecular flexibility index (Phi) is 24.5. The third-order valence-corrected chi connectivity index (χ3v) is 7.29. The molecule has 0 radical (unpaired) electrons. The second-order valence-electron chi connectivity index (χ2n) is 10.9. The number of nitrogens with zero attached hydrogens (tertiary/aromatic N) is 1. The van der Waals surface area contributed by atoms with E-state index in [1.807, 2.05) is 0 Å². The summed E-state index contributed by atoms with van der Waals surface area (Å²) in [5.41, 5.74) is 16.1. The summed E-state index contributed by atoms with van der Waals surface area (Å²) in [5, 5.41) is 19.6. The van der Waals surface area contributed by atoms with Crippen LogP contribution in [0.1, 0.15) is 103 Å². The molecular weight excluding hydrogens is 588 g/mol. The minimum absolute atomic E-state index is 0.0352. The van der Waals surface area contributed by atoms with Crippen molar-refractivity contribution in [3.05, 3.63) is 0 Å². The van der Waals surface area contributed by atoms with Crippen molar-refractivity contribution in [1.29, 1.82) is 0 Å². The molecule has 254 valence electrons. The van der Waals surface area contributed by atoms with Crippen LogP contribution in [0, 0.1) is 0 Å². The zero-order valence-electron chi connectivity index (χ0n) is 26.3. The molecule has 0 unspecified atom stereocenters. The molecule has 0 aliphatic rings. The van der Waals surface area contributed by atoms with Gasteiger partial charge >= 0.3 is 5.97 Å². The number of carboxylic acids is 1. The van der Waals surface area contributed by atoms with Gasteiger partial charge in [0.25, 0.3) is 0 Å². The number of thiol groups is 1. The largest absolute Gasteiger partial charge is 0.480 e. The van der Waals surface area contributed by atoms with E-state index in [1.165, 1.54) is 32.1 Å². The van der Waals surface area contributed by atoms with Crippen LogP contribution in [0.2, 0.25) is 0 Å². The molecule has 0 aromatic carbocycles. The third-order valence-electron chi connectivity index (χ3n) is 6.92. The van der Waals surface area contributed by atoms with Crippen molar-refractivity contribution in [1.82, 2.24) is 21.3 Å². The first-order valence-electron chi connectivity index (χ1n) is 15.8. The highest BCUT2D eigenvalue weighted by atomic mass is 32.1. The summed E-state index contributed by atoms with van der Waals surface area (Å²) < 4.78 is 0. The van der Waals surface area contributed by atoms with Crippen LogP contribution in [0.15, 0.2) is 4.99 Å². The Bertz CT molecular complexity index is 888. The topological polar surface area (TPSA) is 244 Å². The number of carbonyl (C=O) groups is 5. The summed E-state index contributed by atoms with van der Waals surface area (Å²) in [6.07, 6.45) is 12.2. The van der Waals surface area contributed by atoms with Crippen LogP contribution in [0.4, 0.5) is 0 Å². The lowest BCUT2D eigenvalue weighted by atomic mass is 10.1. The Morgan fingerprint density at radius 1 is 0.727 bits per heavy atom. The number of hydrogen-bond donors (Lipinski definition) is 9. The van der Waals surface area contributed by atoms with Gasteiger partial charge in [0, 0.05) is 18.7 Å². The summed E-state index contributed by atoms with van der Waals surface area (Å²) >= 11 is 4.16. The number of carbonyl (C=O) groups excluding carboxylic acids is 4. The van der Waals surface area contributed by atoms with Gasteiger partial charge in [0.1, 0.15) is 18.1 Å². The minimum atomic E-state index is -1.20. The summed E-state index contributed by atoms with van der Waals surface area (Å²) in [5.74, 6) is -3.50. The highest BCUT2D eigenvalue weighted by Gasteiger charge is 2.27. The van der Waals surface area contributed by atoms with Gasteiger partial charge in [-0.1, -0.05) is 58.3 Å². The molecule has 0 aliphatic carbocycles. The molecule has 0 bridgehead atoms. The minimum Gasteiger partial charge on any atom is -0.480 e. The highest BCUT2D eigenvalue weighted by Crippen LogP contribution is 2.10. The van der Waals surface area contributed by atoms with Crippen LogP contribution in [0.25, 0.3) is 0 Å². The Hall–Kier alpha value is -3.07. The number of guanidine groups is 1. The van der Waals surface area contributed by atoms with Crippen molar-refractivity contribution in [2.24, 2.45) is 22.2 Å². The number of nitrogens with two attached hydrogens (primary N) is 3. The first kappa shape index (κ1) is 40.9. The average molecular weight is 645 g/mol. The SMILES string of the molecule is CCCCCCCCCCCC(=O)N[C@@H](CS)C(=O)NCC(=O)N[C@@H](CCCN=C(N)N)C(=O)N[C@@H](CCCCN)C(=O)O. The van der Waals surface area contributed by atoms with E-state index in [2.05, 4.69) is 45.8 Å². The molecule has 0 aromatic rings. The Morgan fingerprint density at radius 3 is 1.89 bits per heavy atom. The molecule has 0 aromatic heterocycles. The molecule has 0 spiro atoms. The van der Waals surface area contributed by atoms with Crippen LogP contribution in [-0.2, 0) is 24.0 Å². The number of unbranched alkanes of at least 4 members (excludes halogenated alkanes) is 9. The Balaban J connectivity index is 4.82. The standard InChI is InChI=1S/C29H56N8O6S/c1-2-3-4-5-6-7-8-9-10-16-24(38)36-23(20-44)26(40)34-19-25(39)35-21(15-13-18-33-29(31)32)27(41)37-22(28(42)43)14-11-12-17-30/h21-23,44H,2-20,30H2,1H3,(H,34,40)(H,35,39)(H,36,38)(H,37,41)(H,42,43)(H4,31,32,33)/t21-,22-,23-/m0/s1. The lowest BCUT2D eigenvalue weighted by Crippen LogP contribution is -2.54. The van der Waals surface area contributed by atoms with E-state index in [1.54, 1.807) is 0 Å². The molecule has 14 nitrogen and oxygen atoms in total. The van der Waals surface area contributed by atoms with Crippen LogP contribution in [0.3, 0.4) is 0 Å². The first-order chi connectivity index (χ1) is 21.0. The maximum atomic E-state index is 12.9. The summed E-state index contributed by atoms with van der Waals surface area (Å²) in [6, 6.07) is -3.18. The van der Waals surface area contributed by atoms with Gasteiger partial charge in [0.15, 0.2) is 5.96 Å². The maximum absolute atomic E-state index is 12.9. The zero-order valence-corrected chi connectivity index (χ0v) is 27.2. The Labute approximate surface area is 267 Å². The summed E-state index contributed by atoms with van der Waals surface area (Å²) in [6.45, 7) is 2.32. The summed E-state index contributed by atoms with van der Waals surface area (Å²) in [4.78, 5) is 66.0. The number of carboxylic acid groups (broad SMARTS) is 1. The number of aliphatic carboxylic acids is 1. The smallest absolute Gasteiger partial charge is 0.326 e. The molecule has 11 N–H and O–H groups in total. The first-order valence-corrected chi connectivity index (χ1v) is 16.4. The van der Waals surface area contributed by atoms with Crippen molar-refractivity contribution in [2.45, 2.75) is 121 Å². The molecule has 0 rings (SSSR count). The van der Waals surface area contributed by atoms with Crippen LogP contribution >= 0.6 is 12.6 Å². The molecular formula is C29H56N8O6S. The molecule has 0 heterocycles. The summed E-state index contributed by atoms with van der Waals surface area (Å²) in [7, 11) is 0. The van der Waals surface area contributed by atoms with E-state index in [4.69, 9.17) is 17.2 Å². The zero-order chi connectivity index (χ0) is 33.2. The van der Waals surface area contributed by atoms with E-state index in [0.29, 0.717) is 32.2 Å².